The highest BCUT2D eigenvalue weighted by Gasteiger charge is 2.40. The van der Waals surface area contributed by atoms with Gasteiger partial charge in [-0.25, -0.2) is 0 Å². The van der Waals surface area contributed by atoms with E-state index in [1.165, 1.54) is 12.8 Å². The van der Waals surface area contributed by atoms with Gasteiger partial charge in [-0.2, -0.15) is 0 Å². The normalized spacial score (nSPS) is 20.2. The van der Waals surface area contributed by atoms with Crippen LogP contribution in [0.2, 0.25) is 0 Å². The molecule has 1 aliphatic carbocycles. The third-order valence-corrected chi connectivity index (χ3v) is 3.03. The minimum atomic E-state index is -0.535. The maximum atomic E-state index is 11.4. The van der Waals surface area contributed by atoms with E-state index in [0.717, 1.165) is 13.0 Å². The molecule has 0 aliphatic heterocycles. The molecular formula is C10H20N2O2. The van der Waals surface area contributed by atoms with Crippen molar-refractivity contribution in [2.24, 2.45) is 11.1 Å². The van der Waals surface area contributed by atoms with Crippen molar-refractivity contribution in [2.75, 3.05) is 20.3 Å². The largest absolute Gasteiger partial charge is 0.383 e. The molecule has 0 radical (unpaired) electrons. The second-order valence-electron chi connectivity index (χ2n) is 4.13. The fraction of sp³-hybridized carbons (Fsp3) is 0.900. The maximum Gasteiger partial charge on any atom is 0.239 e. The van der Waals surface area contributed by atoms with Crippen LogP contribution in [0.1, 0.15) is 26.2 Å². The number of ether oxygens (including phenoxy) is 1. The van der Waals surface area contributed by atoms with Crippen molar-refractivity contribution in [3.05, 3.63) is 0 Å². The van der Waals surface area contributed by atoms with Crippen molar-refractivity contribution in [2.45, 2.75) is 32.2 Å². The molecule has 1 amide bonds. The molecule has 0 bridgehead atoms. The molecule has 1 unspecified atom stereocenters. The van der Waals surface area contributed by atoms with E-state index in [1.807, 2.05) is 0 Å². The zero-order valence-electron chi connectivity index (χ0n) is 9.01. The molecule has 0 spiro atoms. The van der Waals surface area contributed by atoms with Gasteiger partial charge < -0.3 is 15.8 Å². The summed E-state index contributed by atoms with van der Waals surface area (Å²) in [6.45, 7) is 3.21. The molecule has 0 aromatic carbocycles. The lowest BCUT2D eigenvalue weighted by molar-refractivity contribution is -0.123. The molecular weight excluding hydrogens is 180 g/mol. The van der Waals surface area contributed by atoms with Gasteiger partial charge in [-0.3, -0.25) is 4.79 Å². The second-order valence-corrected chi connectivity index (χ2v) is 4.13. The summed E-state index contributed by atoms with van der Waals surface area (Å²) >= 11 is 0. The van der Waals surface area contributed by atoms with Crippen molar-refractivity contribution in [1.29, 1.82) is 0 Å². The van der Waals surface area contributed by atoms with E-state index in [9.17, 15) is 4.79 Å². The Balaban J connectivity index is 2.20. The molecule has 14 heavy (non-hydrogen) atoms. The predicted octanol–water partition coefficient (Wildman–Crippen LogP) is 0.267. The molecule has 3 N–H and O–H groups in total. The van der Waals surface area contributed by atoms with Crippen LogP contribution in [0.15, 0.2) is 0 Å². The molecule has 1 rings (SSSR count). The molecule has 0 heterocycles. The van der Waals surface area contributed by atoms with Gasteiger partial charge in [0.1, 0.15) is 6.04 Å². The number of methoxy groups -OCH3 is 1. The third kappa shape index (κ3) is 2.96. The summed E-state index contributed by atoms with van der Waals surface area (Å²) in [5.41, 5.74) is 5.96. The molecule has 1 saturated carbocycles. The first-order valence-corrected chi connectivity index (χ1v) is 5.16. The van der Waals surface area contributed by atoms with Crippen molar-refractivity contribution in [3.8, 4) is 0 Å². The van der Waals surface area contributed by atoms with E-state index in [0.29, 0.717) is 5.41 Å². The van der Waals surface area contributed by atoms with Gasteiger partial charge in [0, 0.05) is 13.7 Å². The molecule has 1 atom stereocenters. The molecule has 0 aromatic rings. The summed E-state index contributed by atoms with van der Waals surface area (Å²) in [6, 6.07) is -0.535. The Morgan fingerprint density at radius 1 is 1.64 bits per heavy atom. The number of hydrogen-bond donors (Lipinski definition) is 2. The van der Waals surface area contributed by atoms with Gasteiger partial charge >= 0.3 is 0 Å². The van der Waals surface area contributed by atoms with E-state index in [2.05, 4.69) is 12.2 Å². The summed E-state index contributed by atoms with van der Waals surface area (Å²) < 4.78 is 4.81. The van der Waals surface area contributed by atoms with Crippen LogP contribution in [0.5, 0.6) is 0 Å². The average Bonchev–Trinajstić information content (AvgIpc) is 2.95. The quantitative estimate of drug-likeness (QED) is 0.646. The van der Waals surface area contributed by atoms with E-state index in [-0.39, 0.29) is 12.5 Å². The standard InChI is InChI=1S/C10H20N2O2/c1-3-10(4-5-10)7-12-9(13)8(11)6-14-2/h8H,3-7,11H2,1-2H3,(H,12,13). The monoisotopic (exact) mass is 200 g/mol. The average molecular weight is 200 g/mol. The van der Waals surface area contributed by atoms with Gasteiger partial charge in [0.05, 0.1) is 6.61 Å². The Kier molecular flexibility index (Phi) is 3.89. The van der Waals surface area contributed by atoms with Crippen LogP contribution in [-0.2, 0) is 9.53 Å². The summed E-state index contributed by atoms with van der Waals surface area (Å²) in [7, 11) is 1.54. The van der Waals surface area contributed by atoms with Crippen LogP contribution in [-0.4, -0.2) is 32.2 Å². The fourth-order valence-electron chi connectivity index (χ4n) is 1.49. The van der Waals surface area contributed by atoms with Gasteiger partial charge in [-0.05, 0) is 24.7 Å². The van der Waals surface area contributed by atoms with Gasteiger partial charge in [0.25, 0.3) is 0 Å². The highest BCUT2D eigenvalue weighted by molar-refractivity contribution is 5.81. The number of nitrogens with two attached hydrogens (primary N) is 1. The summed E-state index contributed by atoms with van der Waals surface area (Å²) in [5.74, 6) is -0.105. The highest BCUT2D eigenvalue weighted by Crippen LogP contribution is 2.47. The molecule has 0 saturated heterocycles. The minimum Gasteiger partial charge on any atom is -0.383 e. The van der Waals surface area contributed by atoms with Gasteiger partial charge in [-0.1, -0.05) is 6.92 Å². The van der Waals surface area contributed by atoms with Crippen molar-refractivity contribution in [3.63, 3.8) is 0 Å². The van der Waals surface area contributed by atoms with E-state index in [4.69, 9.17) is 10.5 Å². The summed E-state index contributed by atoms with van der Waals surface area (Å²) in [6.07, 6.45) is 3.58. The van der Waals surface area contributed by atoms with Gasteiger partial charge in [0.2, 0.25) is 5.91 Å². The van der Waals surface area contributed by atoms with Crippen molar-refractivity contribution < 1.29 is 9.53 Å². The Morgan fingerprint density at radius 3 is 2.71 bits per heavy atom. The zero-order chi connectivity index (χ0) is 10.6. The van der Waals surface area contributed by atoms with E-state index in [1.54, 1.807) is 7.11 Å². The summed E-state index contributed by atoms with van der Waals surface area (Å²) in [4.78, 5) is 11.4. The first kappa shape index (κ1) is 11.5. The van der Waals surface area contributed by atoms with Crippen LogP contribution < -0.4 is 11.1 Å². The molecule has 82 valence electrons. The Labute approximate surface area is 85.2 Å². The van der Waals surface area contributed by atoms with Crippen LogP contribution in [0.3, 0.4) is 0 Å². The number of rotatable bonds is 6. The van der Waals surface area contributed by atoms with Crippen LogP contribution >= 0.6 is 0 Å². The van der Waals surface area contributed by atoms with Crippen LogP contribution in [0.4, 0.5) is 0 Å². The fourth-order valence-corrected chi connectivity index (χ4v) is 1.49. The smallest absolute Gasteiger partial charge is 0.239 e. The Bertz CT molecular complexity index is 202. The lowest BCUT2D eigenvalue weighted by Crippen LogP contribution is -2.45. The Morgan fingerprint density at radius 2 is 2.29 bits per heavy atom. The van der Waals surface area contributed by atoms with E-state index >= 15 is 0 Å². The first-order chi connectivity index (χ1) is 6.63. The predicted molar refractivity (Wildman–Crippen MR) is 54.8 cm³/mol. The van der Waals surface area contributed by atoms with E-state index < -0.39 is 6.04 Å². The Hall–Kier alpha value is -0.610. The summed E-state index contributed by atoms with van der Waals surface area (Å²) in [5, 5.41) is 2.88. The maximum absolute atomic E-state index is 11.4. The number of nitrogens with one attached hydrogen (secondary N) is 1. The molecule has 4 heteroatoms. The minimum absolute atomic E-state index is 0.105. The molecule has 1 aliphatic rings. The number of amides is 1. The topological polar surface area (TPSA) is 64.4 Å². The molecule has 4 nitrogen and oxygen atoms in total. The lowest BCUT2D eigenvalue weighted by Gasteiger charge is -2.16. The SMILES string of the molecule is CCC1(CNC(=O)C(N)COC)CC1. The zero-order valence-corrected chi connectivity index (χ0v) is 9.01. The van der Waals surface area contributed by atoms with Crippen molar-refractivity contribution in [1.82, 2.24) is 5.32 Å². The molecule has 0 aromatic heterocycles. The lowest BCUT2D eigenvalue weighted by atomic mass is 10.0. The van der Waals surface area contributed by atoms with Crippen molar-refractivity contribution >= 4 is 5.91 Å². The van der Waals surface area contributed by atoms with Crippen LogP contribution in [0, 0.1) is 5.41 Å². The number of carbonyl (C=O) groups is 1. The number of carbonyl (C=O) groups excluding carboxylic acids is 1. The number of hydrogen-bond acceptors (Lipinski definition) is 3. The third-order valence-electron chi connectivity index (χ3n) is 3.03. The van der Waals surface area contributed by atoms with Gasteiger partial charge in [0.15, 0.2) is 0 Å². The van der Waals surface area contributed by atoms with Crippen LogP contribution in [0.25, 0.3) is 0 Å². The first-order valence-electron chi connectivity index (χ1n) is 5.16. The second kappa shape index (κ2) is 4.75. The van der Waals surface area contributed by atoms with Gasteiger partial charge in [-0.15, -0.1) is 0 Å². The molecule has 1 fully saturated rings. The highest BCUT2D eigenvalue weighted by atomic mass is 16.5.